The molecular weight excluding hydrogens is 525 g/mol. The number of carboxylic acids is 1. The second-order valence-electron chi connectivity index (χ2n) is 8.50. The summed E-state index contributed by atoms with van der Waals surface area (Å²) in [6.07, 6.45) is -0.177. The summed E-state index contributed by atoms with van der Waals surface area (Å²) in [6.45, 7) is 0.195. The van der Waals surface area contributed by atoms with Gasteiger partial charge in [0, 0.05) is 17.1 Å². The predicted octanol–water partition coefficient (Wildman–Crippen LogP) is 6.90. The van der Waals surface area contributed by atoms with Gasteiger partial charge in [-0.15, -0.1) is 0 Å². The Morgan fingerprint density at radius 3 is 2.16 bits per heavy atom. The smallest absolute Gasteiger partial charge is 0.307 e. The van der Waals surface area contributed by atoms with Crippen LogP contribution in [-0.4, -0.2) is 31.2 Å². The molecule has 6 nitrogen and oxygen atoms in total. The first kappa shape index (κ1) is 27.0. The Labute approximate surface area is 230 Å². The Kier molecular flexibility index (Phi) is 8.56. The van der Waals surface area contributed by atoms with Crippen molar-refractivity contribution in [1.29, 1.82) is 0 Å². The molecule has 4 aromatic rings. The summed E-state index contributed by atoms with van der Waals surface area (Å²) in [7, 11) is 3.07. The van der Waals surface area contributed by atoms with E-state index < -0.39 is 5.97 Å². The number of amides is 1. The van der Waals surface area contributed by atoms with Crippen LogP contribution in [0.4, 0.5) is 0 Å². The van der Waals surface area contributed by atoms with Gasteiger partial charge in [0.05, 0.1) is 31.2 Å². The molecule has 0 saturated carbocycles. The summed E-state index contributed by atoms with van der Waals surface area (Å²) < 4.78 is 10.7. The van der Waals surface area contributed by atoms with Crippen LogP contribution in [0.5, 0.6) is 11.5 Å². The van der Waals surface area contributed by atoms with E-state index in [4.69, 9.17) is 32.7 Å². The Morgan fingerprint density at radius 1 is 0.789 bits per heavy atom. The minimum atomic E-state index is -0.957. The Hall–Kier alpha value is -4.00. The van der Waals surface area contributed by atoms with Crippen molar-refractivity contribution in [3.05, 3.63) is 106 Å². The zero-order chi connectivity index (χ0) is 27.2. The second kappa shape index (κ2) is 12.0. The van der Waals surface area contributed by atoms with E-state index in [1.165, 1.54) is 7.11 Å². The van der Waals surface area contributed by atoms with E-state index in [1.807, 2.05) is 42.5 Å². The quantitative estimate of drug-likeness (QED) is 0.237. The minimum Gasteiger partial charge on any atom is -0.497 e. The van der Waals surface area contributed by atoms with Crippen molar-refractivity contribution in [2.45, 2.75) is 13.0 Å². The number of hydrogen-bond donors (Lipinski definition) is 2. The van der Waals surface area contributed by atoms with E-state index in [9.17, 15) is 14.7 Å². The van der Waals surface area contributed by atoms with Gasteiger partial charge < -0.3 is 19.9 Å². The van der Waals surface area contributed by atoms with E-state index in [-0.39, 0.29) is 18.9 Å². The van der Waals surface area contributed by atoms with Crippen molar-refractivity contribution in [1.82, 2.24) is 5.32 Å². The van der Waals surface area contributed by atoms with Crippen molar-refractivity contribution >= 4 is 35.1 Å². The van der Waals surface area contributed by atoms with Gasteiger partial charge in [0.1, 0.15) is 11.5 Å². The fourth-order valence-corrected chi connectivity index (χ4v) is 4.56. The highest BCUT2D eigenvalue weighted by molar-refractivity contribution is 6.34. The predicted molar refractivity (Wildman–Crippen MR) is 149 cm³/mol. The average Bonchev–Trinajstić information content (AvgIpc) is 2.91. The molecule has 4 rings (SSSR count). The van der Waals surface area contributed by atoms with Crippen LogP contribution in [0.15, 0.2) is 78.9 Å². The second-order valence-corrected chi connectivity index (χ2v) is 9.35. The van der Waals surface area contributed by atoms with Crippen molar-refractivity contribution in [2.75, 3.05) is 14.2 Å². The number of methoxy groups -OCH3 is 2. The first-order chi connectivity index (χ1) is 18.3. The molecule has 0 aliphatic rings. The molecule has 0 fully saturated rings. The normalized spacial score (nSPS) is 10.6. The number of carbonyl (C=O) groups is 2. The van der Waals surface area contributed by atoms with Crippen LogP contribution in [0.25, 0.3) is 22.3 Å². The standard InChI is InChI=1S/C30H25Cl2NO5/c1-37-24-9-11-25(20-6-12-28(38-2)21(13-20)16-29(34)35)22(14-24)17-33-30(36)26-10-5-19(15-27(26)32)18-3-7-23(31)8-4-18/h3-15H,16-17H2,1-2H3,(H,33,36)(H,34,35). The molecule has 4 aromatic carbocycles. The van der Waals surface area contributed by atoms with Crippen LogP contribution < -0.4 is 14.8 Å². The van der Waals surface area contributed by atoms with E-state index in [1.54, 1.807) is 43.5 Å². The number of ether oxygens (including phenoxy) is 2. The maximum atomic E-state index is 13.1. The van der Waals surface area contributed by atoms with Gasteiger partial charge in [-0.05, 0) is 76.3 Å². The Morgan fingerprint density at radius 2 is 1.50 bits per heavy atom. The molecule has 194 valence electrons. The lowest BCUT2D eigenvalue weighted by Gasteiger charge is -2.15. The molecule has 2 N–H and O–H groups in total. The van der Waals surface area contributed by atoms with Crippen LogP contribution in [-0.2, 0) is 17.8 Å². The molecule has 0 bridgehead atoms. The molecule has 0 unspecified atom stereocenters. The zero-order valence-corrected chi connectivity index (χ0v) is 22.3. The molecule has 0 saturated heterocycles. The molecule has 0 spiro atoms. The highest BCUT2D eigenvalue weighted by atomic mass is 35.5. The van der Waals surface area contributed by atoms with E-state index in [2.05, 4.69) is 5.32 Å². The van der Waals surface area contributed by atoms with Gasteiger partial charge in [-0.3, -0.25) is 9.59 Å². The minimum absolute atomic E-state index is 0.177. The third kappa shape index (κ3) is 6.28. The first-order valence-electron chi connectivity index (χ1n) is 11.7. The molecule has 0 heterocycles. The maximum absolute atomic E-state index is 13.1. The molecule has 0 atom stereocenters. The number of halogens is 2. The van der Waals surface area contributed by atoms with Gasteiger partial charge in [0.2, 0.25) is 0 Å². The fraction of sp³-hybridized carbons (Fsp3) is 0.133. The number of hydrogen-bond acceptors (Lipinski definition) is 4. The van der Waals surface area contributed by atoms with Crippen LogP contribution >= 0.6 is 23.2 Å². The molecule has 0 aliphatic heterocycles. The number of rotatable bonds is 9. The number of carbonyl (C=O) groups excluding carboxylic acids is 1. The largest absolute Gasteiger partial charge is 0.497 e. The zero-order valence-electron chi connectivity index (χ0n) is 20.8. The molecule has 8 heteroatoms. The summed E-state index contributed by atoms with van der Waals surface area (Å²) in [4.78, 5) is 24.4. The van der Waals surface area contributed by atoms with Crippen molar-refractivity contribution < 1.29 is 24.2 Å². The SMILES string of the molecule is COc1ccc(-c2ccc(OC)c(CC(=O)O)c2)c(CNC(=O)c2ccc(-c3ccc(Cl)cc3)cc2Cl)c1. The number of benzene rings is 4. The summed E-state index contributed by atoms with van der Waals surface area (Å²) in [5.41, 5.74) is 5.11. The number of aliphatic carboxylic acids is 1. The summed E-state index contributed by atoms with van der Waals surface area (Å²) in [6, 6.07) is 23.5. The van der Waals surface area contributed by atoms with Gasteiger partial charge in [0.25, 0.3) is 5.91 Å². The van der Waals surface area contributed by atoms with E-state index >= 15 is 0 Å². The Balaban J connectivity index is 1.59. The molecule has 0 aromatic heterocycles. The van der Waals surface area contributed by atoms with Gasteiger partial charge in [0.15, 0.2) is 0 Å². The average molecular weight is 550 g/mol. The van der Waals surface area contributed by atoms with Crippen molar-refractivity contribution in [3.8, 4) is 33.8 Å². The van der Waals surface area contributed by atoms with Crippen molar-refractivity contribution in [2.24, 2.45) is 0 Å². The lowest BCUT2D eigenvalue weighted by Crippen LogP contribution is -2.23. The third-order valence-corrected chi connectivity index (χ3v) is 6.64. The number of nitrogens with one attached hydrogen (secondary N) is 1. The molecule has 1 amide bonds. The van der Waals surface area contributed by atoms with Gasteiger partial charge in [-0.1, -0.05) is 53.5 Å². The highest BCUT2D eigenvalue weighted by Gasteiger charge is 2.15. The van der Waals surface area contributed by atoms with E-state index in [0.717, 1.165) is 27.8 Å². The lowest BCUT2D eigenvalue weighted by atomic mass is 9.96. The van der Waals surface area contributed by atoms with Gasteiger partial charge >= 0.3 is 5.97 Å². The van der Waals surface area contributed by atoms with Crippen LogP contribution in [0.2, 0.25) is 10.0 Å². The molecule has 0 aliphatic carbocycles. The third-order valence-electron chi connectivity index (χ3n) is 6.08. The summed E-state index contributed by atoms with van der Waals surface area (Å²) in [5, 5.41) is 13.2. The van der Waals surface area contributed by atoms with Crippen LogP contribution in [0, 0.1) is 0 Å². The topological polar surface area (TPSA) is 84.9 Å². The van der Waals surface area contributed by atoms with E-state index in [0.29, 0.717) is 32.7 Å². The fourth-order valence-electron chi connectivity index (χ4n) is 4.16. The Bertz CT molecular complexity index is 1480. The van der Waals surface area contributed by atoms with Crippen molar-refractivity contribution in [3.63, 3.8) is 0 Å². The number of carboxylic acid groups (broad SMARTS) is 1. The lowest BCUT2D eigenvalue weighted by molar-refractivity contribution is -0.136. The molecule has 0 radical (unpaired) electrons. The summed E-state index contributed by atoms with van der Waals surface area (Å²) >= 11 is 12.5. The molecule has 38 heavy (non-hydrogen) atoms. The summed E-state index contributed by atoms with van der Waals surface area (Å²) in [5.74, 6) is -0.159. The highest BCUT2D eigenvalue weighted by Crippen LogP contribution is 2.32. The van der Waals surface area contributed by atoms with Crippen LogP contribution in [0.3, 0.4) is 0 Å². The van der Waals surface area contributed by atoms with Gasteiger partial charge in [-0.2, -0.15) is 0 Å². The maximum Gasteiger partial charge on any atom is 0.307 e. The monoisotopic (exact) mass is 549 g/mol. The van der Waals surface area contributed by atoms with Crippen LogP contribution in [0.1, 0.15) is 21.5 Å². The van der Waals surface area contributed by atoms with Gasteiger partial charge in [-0.25, -0.2) is 0 Å². The molecular formula is C30H25Cl2NO5. The first-order valence-corrected chi connectivity index (χ1v) is 12.4.